The monoisotopic (exact) mass is 170 g/mol. The van der Waals surface area contributed by atoms with Gasteiger partial charge in [0.05, 0.1) is 14.2 Å². The van der Waals surface area contributed by atoms with E-state index in [0.29, 0.717) is 10.3 Å². The molecular formula is C6H6N2O2S. The Morgan fingerprint density at radius 1 is 1.45 bits per heavy atom. The molecule has 0 unspecified atom stereocenters. The van der Waals surface area contributed by atoms with Gasteiger partial charge in [-0.1, -0.05) is 0 Å². The van der Waals surface area contributed by atoms with E-state index in [1.807, 2.05) is 6.07 Å². The highest BCUT2D eigenvalue weighted by Gasteiger charge is 2.10. The van der Waals surface area contributed by atoms with Gasteiger partial charge in [-0.3, -0.25) is 0 Å². The number of hydrogen-bond acceptors (Lipinski definition) is 5. The standard InChI is InChI=1S/C6H6N2O2S/c1-9-5-4(3-7)8-6(10-2)11-5/h1-2H3. The summed E-state index contributed by atoms with van der Waals surface area (Å²) >= 11 is 1.21. The Balaban J connectivity index is 3.05. The Kier molecular flexibility index (Phi) is 2.28. The summed E-state index contributed by atoms with van der Waals surface area (Å²) in [6, 6.07) is 1.90. The van der Waals surface area contributed by atoms with Crippen LogP contribution >= 0.6 is 11.3 Å². The number of rotatable bonds is 2. The second-order valence-electron chi connectivity index (χ2n) is 1.64. The lowest BCUT2D eigenvalue weighted by atomic mass is 10.5. The molecule has 1 rings (SSSR count). The number of hydrogen-bond donors (Lipinski definition) is 0. The molecule has 58 valence electrons. The fraction of sp³-hybridized carbons (Fsp3) is 0.333. The largest absolute Gasteiger partial charge is 0.485 e. The van der Waals surface area contributed by atoms with Crippen molar-refractivity contribution in [2.75, 3.05) is 14.2 Å². The zero-order chi connectivity index (χ0) is 8.27. The van der Waals surface area contributed by atoms with E-state index in [0.717, 1.165) is 0 Å². The first-order valence-electron chi connectivity index (χ1n) is 2.80. The van der Waals surface area contributed by atoms with Crippen molar-refractivity contribution in [3.63, 3.8) is 0 Å². The summed E-state index contributed by atoms with van der Waals surface area (Å²) in [5.74, 6) is 0. The quantitative estimate of drug-likeness (QED) is 0.665. The molecule has 0 aliphatic heterocycles. The molecule has 0 radical (unpaired) electrons. The van der Waals surface area contributed by atoms with Gasteiger partial charge in [-0.2, -0.15) is 10.2 Å². The van der Waals surface area contributed by atoms with E-state index < -0.39 is 0 Å². The van der Waals surface area contributed by atoms with Crippen LogP contribution in [0.2, 0.25) is 0 Å². The first-order valence-corrected chi connectivity index (χ1v) is 3.62. The SMILES string of the molecule is COc1nc(C#N)c(OC)s1. The molecule has 0 saturated heterocycles. The van der Waals surface area contributed by atoms with Gasteiger partial charge in [-0.25, -0.2) is 0 Å². The van der Waals surface area contributed by atoms with Gasteiger partial charge in [0, 0.05) is 0 Å². The van der Waals surface area contributed by atoms with Crippen molar-refractivity contribution in [3.05, 3.63) is 5.69 Å². The molecule has 4 nitrogen and oxygen atoms in total. The third-order valence-electron chi connectivity index (χ3n) is 1.04. The highest BCUT2D eigenvalue weighted by Crippen LogP contribution is 2.30. The van der Waals surface area contributed by atoms with E-state index in [1.165, 1.54) is 25.6 Å². The second-order valence-corrected chi connectivity index (χ2v) is 2.56. The van der Waals surface area contributed by atoms with Crippen LogP contribution in [-0.4, -0.2) is 19.2 Å². The Bertz CT molecular complexity index is 289. The van der Waals surface area contributed by atoms with Gasteiger partial charge in [-0.05, 0) is 11.3 Å². The lowest BCUT2D eigenvalue weighted by Crippen LogP contribution is -1.82. The van der Waals surface area contributed by atoms with Gasteiger partial charge in [-0.15, -0.1) is 0 Å². The van der Waals surface area contributed by atoms with Crippen molar-refractivity contribution in [1.29, 1.82) is 5.26 Å². The Hall–Kier alpha value is -1.28. The van der Waals surface area contributed by atoms with E-state index in [1.54, 1.807) is 0 Å². The van der Waals surface area contributed by atoms with Crippen LogP contribution in [0.25, 0.3) is 0 Å². The van der Waals surface area contributed by atoms with Crippen LogP contribution in [-0.2, 0) is 0 Å². The summed E-state index contributed by atoms with van der Waals surface area (Å²) in [6.07, 6.45) is 0. The summed E-state index contributed by atoms with van der Waals surface area (Å²) in [7, 11) is 2.99. The number of ether oxygens (including phenoxy) is 2. The lowest BCUT2D eigenvalue weighted by Gasteiger charge is -1.89. The number of nitrogens with zero attached hydrogens (tertiary/aromatic N) is 2. The molecule has 0 saturated carbocycles. The minimum atomic E-state index is 0.273. The van der Waals surface area contributed by atoms with Crippen molar-refractivity contribution in [1.82, 2.24) is 4.98 Å². The maximum atomic E-state index is 8.52. The summed E-state index contributed by atoms with van der Waals surface area (Å²) in [6.45, 7) is 0. The van der Waals surface area contributed by atoms with Gasteiger partial charge in [0.2, 0.25) is 5.06 Å². The van der Waals surface area contributed by atoms with Gasteiger partial charge in [0.1, 0.15) is 6.07 Å². The van der Waals surface area contributed by atoms with Crippen LogP contribution in [0.5, 0.6) is 10.3 Å². The molecule has 0 N–H and O–H groups in total. The van der Waals surface area contributed by atoms with E-state index in [-0.39, 0.29) is 5.69 Å². The van der Waals surface area contributed by atoms with Crippen molar-refractivity contribution in [2.45, 2.75) is 0 Å². The van der Waals surface area contributed by atoms with E-state index in [4.69, 9.17) is 14.7 Å². The zero-order valence-electron chi connectivity index (χ0n) is 6.12. The van der Waals surface area contributed by atoms with Gasteiger partial charge in [0.25, 0.3) is 5.19 Å². The molecule has 0 spiro atoms. The molecule has 0 aliphatic carbocycles. The molecule has 0 atom stereocenters. The number of thiazole rings is 1. The van der Waals surface area contributed by atoms with Crippen molar-refractivity contribution in [2.24, 2.45) is 0 Å². The molecule has 1 aromatic rings. The second kappa shape index (κ2) is 3.21. The number of nitriles is 1. The molecule has 5 heteroatoms. The average molecular weight is 170 g/mol. The molecule has 1 aromatic heterocycles. The van der Waals surface area contributed by atoms with Crippen LogP contribution in [0, 0.1) is 11.3 Å². The minimum absolute atomic E-state index is 0.273. The van der Waals surface area contributed by atoms with E-state index in [9.17, 15) is 0 Å². The maximum absolute atomic E-state index is 8.52. The van der Waals surface area contributed by atoms with E-state index >= 15 is 0 Å². The number of aromatic nitrogens is 1. The first kappa shape index (κ1) is 7.82. The van der Waals surface area contributed by atoms with Gasteiger partial charge < -0.3 is 9.47 Å². The van der Waals surface area contributed by atoms with Crippen LogP contribution in [0.1, 0.15) is 5.69 Å². The Morgan fingerprint density at radius 2 is 2.18 bits per heavy atom. The van der Waals surface area contributed by atoms with Crippen LogP contribution in [0.15, 0.2) is 0 Å². The third-order valence-corrected chi connectivity index (χ3v) is 2.02. The van der Waals surface area contributed by atoms with Crippen molar-refractivity contribution >= 4 is 11.3 Å². The topological polar surface area (TPSA) is 55.1 Å². The van der Waals surface area contributed by atoms with E-state index in [2.05, 4.69) is 4.98 Å². The molecule has 0 bridgehead atoms. The van der Waals surface area contributed by atoms with Gasteiger partial charge >= 0.3 is 0 Å². The van der Waals surface area contributed by atoms with Crippen molar-refractivity contribution < 1.29 is 9.47 Å². The molecule has 0 amide bonds. The van der Waals surface area contributed by atoms with Crippen molar-refractivity contribution in [3.8, 4) is 16.3 Å². The van der Waals surface area contributed by atoms with Crippen LogP contribution < -0.4 is 9.47 Å². The highest BCUT2D eigenvalue weighted by atomic mass is 32.1. The zero-order valence-corrected chi connectivity index (χ0v) is 6.94. The fourth-order valence-corrected chi connectivity index (χ4v) is 1.23. The molecule has 0 aliphatic rings. The lowest BCUT2D eigenvalue weighted by molar-refractivity contribution is 0.411. The normalized spacial score (nSPS) is 8.82. The predicted molar refractivity (Wildman–Crippen MR) is 39.9 cm³/mol. The third kappa shape index (κ3) is 1.41. The Labute approximate surface area is 68.0 Å². The van der Waals surface area contributed by atoms with Crippen LogP contribution in [0.4, 0.5) is 0 Å². The fourth-order valence-electron chi connectivity index (χ4n) is 0.584. The highest BCUT2D eigenvalue weighted by molar-refractivity contribution is 7.15. The van der Waals surface area contributed by atoms with Gasteiger partial charge in [0.15, 0.2) is 5.69 Å². The number of methoxy groups -OCH3 is 2. The molecule has 1 heterocycles. The molecular weight excluding hydrogens is 164 g/mol. The summed E-state index contributed by atoms with van der Waals surface area (Å²) in [5, 5.41) is 9.45. The average Bonchev–Trinajstić information content (AvgIpc) is 2.46. The smallest absolute Gasteiger partial charge is 0.277 e. The molecule has 0 aromatic carbocycles. The summed E-state index contributed by atoms with van der Waals surface area (Å²) < 4.78 is 9.69. The summed E-state index contributed by atoms with van der Waals surface area (Å²) in [5.41, 5.74) is 0.273. The predicted octanol–water partition coefficient (Wildman–Crippen LogP) is 1.03. The summed E-state index contributed by atoms with van der Waals surface area (Å²) in [4.78, 5) is 3.83. The maximum Gasteiger partial charge on any atom is 0.277 e. The molecule has 11 heavy (non-hydrogen) atoms. The molecule has 0 fully saturated rings. The minimum Gasteiger partial charge on any atom is -0.485 e. The van der Waals surface area contributed by atoms with Crippen LogP contribution in [0.3, 0.4) is 0 Å². The Morgan fingerprint density at radius 3 is 2.55 bits per heavy atom. The first-order chi connectivity index (χ1) is 5.31.